The number of hydrogen-bond acceptors (Lipinski definition) is 5. The van der Waals surface area contributed by atoms with Crippen molar-refractivity contribution >= 4 is 28.3 Å². The Balaban J connectivity index is 1.86. The van der Waals surface area contributed by atoms with Crippen LogP contribution in [0.4, 0.5) is 5.13 Å². The number of nitrogens with one attached hydrogen (secondary N) is 2. The Labute approximate surface area is 119 Å². The first kappa shape index (κ1) is 14.0. The molecule has 0 saturated carbocycles. The predicted molar refractivity (Wildman–Crippen MR) is 75.6 cm³/mol. The van der Waals surface area contributed by atoms with E-state index in [1.54, 1.807) is 30.8 Å². The Kier molecular flexibility index (Phi) is 4.67. The van der Waals surface area contributed by atoms with Gasteiger partial charge in [-0.05, 0) is 17.7 Å². The number of aromatic nitrogens is 1. The van der Waals surface area contributed by atoms with E-state index >= 15 is 0 Å². The number of thiazole rings is 1. The summed E-state index contributed by atoms with van der Waals surface area (Å²) in [5, 5.41) is 7.05. The summed E-state index contributed by atoms with van der Waals surface area (Å²) < 4.78 is 5.08. The summed E-state index contributed by atoms with van der Waals surface area (Å²) in [5.41, 5.74) is 0.847. The summed E-state index contributed by atoms with van der Waals surface area (Å²) in [6.45, 7) is 0.251. The number of nitrogens with zero attached hydrogens (tertiary/aromatic N) is 1. The third-order valence-electron chi connectivity index (χ3n) is 2.45. The lowest BCUT2D eigenvalue weighted by Crippen LogP contribution is -2.34. The van der Waals surface area contributed by atoms with Gasteiger partial charge in [-0.15, -0.1) is 11.3 Å². The van der Waals surface area contributed by atoms with Crippen molar-refractivity contribution in [2.24, 2.45) is 0 Å². The molecule has 0 bridgehead atoms. The summed E-state index contributed by atoms with van der Waals surface area (Å²) in [6.07, 6.45) is 1.55. The second-order valence-electron chi connectivity index (χ2n) is 3.83. The molecule has 0 aliphatic rings. The van der Waals surface area contributed by atoms with Gasteiger partial charge in [0.2, 0.25) is 0 Å². The smallest absolute Gasteiger partial charge is 0.315 e. The lowest BCUT2D eigenvalue weighted by Gasteiger charge is -2.06. The minimum Gasteiger partial charge on any atom is -0.497 e. The Morgan fingerprint density at radius 1 is 1.35 bits per heavy atom. The van der Waals surface area contributed by atoms with Crippen LogP contribution in [-0.2, 0) is 16.1 Å². The second-order valence-corrected chi connectivity index (χ2v) is 4.72. The molecule has 0 aliphatic heterocycles. The SMILES string of the molecule is COc1cccc(CNC(=O)C(=O)Nc2nccs2)c1. The number of carbonyl (C=O) groups excluding carboxylic acids is 2. The van der Waals surface area contributed by atoms with Crippen LogP contribution in [0.1, 0.15) is 5.56 Å². The van der Waals surface area contributed by atoms with Crippen LogP contribution >= 0.6 is 11.3 Å². The van der Waals surface area contributed by atoms with E-state index in [-0.39, 0.29) is 6.54 Å². The van der Waals surface area contributed by atoms with Crippen LogP contribution in [0.15, 0.2) is 35.8 Å². The molecule has 2 rings (SSSR count). The molecule has 2 aromatic rings. The number of benzene rings is 1. The number of methoxy groups -OCH3 is 1. The molecular weight excluding hydrogens is 278 g/mol. The van der Waals surface area contributed by atoms with Crippen LogP contribution in [-0.4, -0.2) is 23.9 Å². The normalized spacial score (nSPS) is 9.85. The molecular formula is C13H13N3O3S. The maximum atomic E-state index is 11.6. The summed E-state index contributed by atoms with van der Waals surface area (Å²) in [5.74, 6) is -0.741. The molecule has 6 nitrogen and oxygen atoms in total. The van der Waals surface area contributed by atoms with Gasteiger partial charge in [0.15, 0.2) is 5.13 Å². The van der Waals surface area contributed by atoms with Crippen molar-refractivity contribution < 1.29 is 14.3 Å². The minimum atomic E-state index is -0.733. The molecule has 0 aliphatic carbocycles. The van der Waals surface area contributed by atoms with Crippen LogP contribution in [0, 0.1) is 0 Å². The first-order valence-electron chi connectivity index (χ1n) is 5.80. The molecule has 1 aromatic carbocycles. The van der Waals surface area contributed by atoms with Gasteiger partial charge >= 0.3 is 11.8 Å². The number of anilines is 1. The molecule has 1 aromatic heterocycles. The zero-order chi connectivity index (χ0) is 14.4. The van der Waals surface area contributed by atoms with Crippen LogP contribution in [0.25, 0.3) is 0 Å². The van der Waals surface area contributed by atoms with Crippen LogP contribution in [0.2, 0.25) is 0 Å². The highest BCUT2D eigenvalue weighted by atomic mass is 32.1. The van der Waals surface area contributed by atoms with E-state index in [0.717, 1.165) is 5.56 Å². The van der Waals surface area contributed by atoms with E-state index in [4.69, 9.17) is 4.74 Å². The van der Waals surface area contributed by atoms with Gasteiger partial charge in [0, 0.05) is 18.1 Å². The van der Waals surface area contributed by atoms with Gasteiger partial charge in [0.25, 0.3) is 0 Å². The predicted octanol–water partition coefficient (Wildman–Crippen LogP) is 1.41. The highest BCUT2D eigenvalue weighted by Crippen LogP contribution is 2.12. The van der Waals surface area contributed by atoms with Crippen LogP contribution < -0.4 is 15.4 Å². The van der Waals surface area contributed by atoms with E-state index in [2.05, 4.69) is 15.6 Å². The van der Waals surface area contributed by atoms with Gasteiger partial charge in [0.05, 0.1) is 7.11 Å². The fourth-order valence-electron chi connectivity index (χ4n) is 1.48. The molecule has 7 heteroatoms. The third kappa shape index (κ3) is 3.79. The fraction of sp³-hybridized carbons (Fsp3) is 0.154. The third-order valence-corrected chi connectivity index (χ3v) is 3.13. The lowest BCUT2D eigenvalue weighted by molar-refractivity contribution is -0.136. The fourth-order valence-corrected chi connectivity index (χ4v) is 2.01. The lowest BCUT2D eigenvalue weighted by atomic mass is 10.2. The molecule has 0 radical (unpaired) electrons. The summed E-state index contributed by atoms with van der Waals surface area (Å²) in [4.78, 5) is 27.1. The number of rotatable bonds is 4. The quantitative estimate of drug-likeness (QED) is 0.835. The van der Waals surface area contributed by atoms with Crippen molar-refractivity contribution in [3.8, 4) is 5.75 Å². The topological polar surface area (TPSA) is 80.3 Å². The monoisotopic (exact) mass is 291 g/mol. The summed E-state index contributed by atoms with van der Waals surface area (Å²) >= 11 is 1.25. The van der Waals surface area contributed by atoms with E-state index < -0.39 is 11.8 Å². The molecule has 2 amide bonds. The zero-order valence-corrected chi connectivity index (χ0v) is 11.6. The molecule has 1 heterocycles. The number of ether oxygens (including phenoxy) is 1. The molecule has 0 atom stereocenters. The van der Waals surface area contributed by atoms with Gasteiger partial charge in [-0.2, -0.15) is 0 Å². The van der Waals surface area contributed by atoms with Crippen molar-refractivity contribution in [1.29, 1.82) is 0 Å². The van der Waals surface area contributed by atoms with Gasteiger partial charge in [0.1, 0.15) is 5.75 Å². The first-order valence-corrected chi connectivity index (χ1v) is 6.68. The maximum Gasteiger partial charge on any atom is 0.315 e. The Hall–Kier alpha value is -2.41. The van der Waals surface area contributed by atoms with Gasteiger partial charge in [-0.1, -0.05) is 12.1 Å². The second kappa shape index (κ2) is 6.67. The average Bonchev–Trinajstić information content (AvgIpc) is 2.97. The summed E-state index contributed by atoms with van der Waals surface area (Å²) in [7, 11) is 1.57. The Morgan fingerprint density at radius 3 is 2.90 bits per heavy atom. The van der Waals surface area contributed by atoms with Crippen LogP contribution in [0.5, 0.6) is 5.75 Å². The minimum absolute atomic E-state index is 0.251. The van der Waals surface area contributed by atoms with Crippen molar-refractivity contribution in [1.82, 2.24) is 10.3 Å². The van der Waals surface area contributed by atoms with E-state index in [1.807, 2.05) is 12.1 Å². The average molecular weight is 291 g/mol. The van der Waals surface area contributed by atoms with Gasteiger partial charge in [-0.3, -0.25) is 14.9 Å². The zero-order valence-electron chi connectivity index (χ0n) is 10.8. The van der Waals surface area contributed by atoms with E-state index in [9.17, 15) is 9.59 Å². The van der Waals surface area contributed by atoms with Crippen molar-refractivity contribution in [3.05, 3.63) is 41.4 Å². The molecule has 0 unspecified atom stereocenters. The van der Waals surface area contributed by atoms with Crippen molar-refractivity contribution in [2.45, 2.75) is 6.54 Å². The first-order chi connectivity index (χ1) is 9.69. The Bertz CT molecular complexity index is 599. The van der Waals surface area contributed by atoms with Crippen molar-refractivity contribution in [2.75, 3.05) is 12.4 Å². The van der Waals surface area contributed by atoms with Crippen LogP contribution in [0.3, 0.4) is 0 Å². The molecule has 2 N–H and O–H groups in total. The highest BCUT2D eigenvalue weighted by Gasteiger charge is 2.14. The van der Waals surface area contributed by atoms with E-state index in [1.165, 1.54) is 11.3 Å². The molecule has 0 fully saturated rings. The highest BCUT2D eigenvalue weighted by molar-refractivity contribution is 7.13. The number of carbonyl (C=O) groups is 2. The molecule has 20 heavy (non-hydrogen) atoms. The summed E-state index contributed by atoms with van der Waals surface area (Å²) in [6, 6.07) is 7.25. The number of hydrogen-bond donors (Lipinski definition) is 2. The maximum absolute atomic E-state index is 11.6. The Morgan fingerprint density at radius 2 is 2.20 bits per heavy atom. The van der Waals surface area contributed by atoms with Gasteiger partial charge < -0.3 is 10.1 Å². The molecule has 0 saturated heterocycles. The van der Waals surface area contributed by atoms with Crippen molar-refractivity contribution in [3.63, 3.8) is 0 Å². The molecule has 104 valence electrons. The van der Waals surface area contributed by atoms with E-state index in [0.29, 0.717) is 10.9 Å². The standard InChI is InChI=1S/C13H13N3O3S/c1-19-10-4-2-3-9(7-10)8-15-11(17)12(18)16-13-14-5-6-20-13/h2-7H,8H2,1H3,(H,15,17)(H,14,16,18). The largest absolute Gasteiger partial charge is 0.497 e. The number of amides is 2. The van der Waals surface area contributed by atoms with Gasteiger partial charge in [-0.25, -0.2) is 4.98 Å². The molecule has 0 spiro atoms.